The van der Waals surface area contributed by atoms with Crippen LogP contribution in [0.4, 0.5) is 0 Å². The fourth-order valence-corrected chi connectivity index (χ4v) is 8.86. The Morgan fingerprint density at radius 2 is 0.694 bits per heavy atom. The van der Waals surface area contributed by atoms with Crippen LogP contribution in [-0.4, -0.2) is 149 Å². The molecule has 108 heavy (non-hydrogen) atoms. The maximum Gasteiger partial charge on any atom is 0.223 e. The largest absolute Gasteiger partial charge is 0.496 e. The van der Waals surface area contributed by atoms with Gasteiger partial charge in [0.25, 0.3) is 0 Å². The molecule has 0 atom stereocenters. The molecule has 0 saturated heterocycles. The molecule has 25 nitrogen and oxygen atoms in total. The summed E-state index contributed by atoms with van der Waals surface area (Å²) in [7, 11) is 22.5. The number of halogens is 1. The van der Waals surface area contributed by atoms with E-state index in [2.05, 4.69) is 82.7 Å². The Morgan fingerprint density at radius 3 is 1.12 bits per heavy atom. The van der Waals surface area contributed by atoms with Crippen LogP contribution in [0.15, 0.2) is 104 Å². The van der Waals surface area contributed by atoms with Gasteiger partial charge in [0.15, 0.2) is 0 Å². The molecule has 26 heteroatoms. The van der Waals surface area contributed by atoms with Crippen LogP contribution in [0.1, 0.15) is 101 Å². The molecule has 0 N–H and O–H groups in total. The first-order valence-electron chi connectivity index (χ1n) is 33.5. The Labute approximate surface area is 644 Å². The minimum Gasteiger partial charge on any atom is -0.496 e. The molecule has 10 aromatic rings. The number of aromatic nitrogens is 10. The quantitative estimate of drug-likeness (QED) is 0.0977. The Bertz CT molecular complexity index is 4330. The van der Waals surface area contributed by atoms with Gasteiger partial charge in [0.1, 0.15) is 34.5 Å². The van der Waals surface area contributed by atoms with Crippen molar-refractivity contribution in [1.29, 1.82) is 5.26 Å². The molecule has 10 rings (SSSR count). The second-order valence-electron chi connectivity index (χ2n) is 23.3. The number of methoxy groups -OCH3 is 14. The van der Waals surface area contributed by atoms with Crippen molar-refractivity contribution < 1.29 is 66.3 Å². The highest BCUT2D eigenvalue weighted by Crippen LogP contribution is 2.31. The van der Waals surface area contributed by atoms with E-state index in [0.717, 1.165) is 107 Å². The summed E-state index contributed by atoms with van der Waals surface area (Å²) in [5.41, 5.74) is 18.7. The zero-order valence-electron chi connectivity index (χ0n) is 68.8. The molecule has 0 aliphatic carbocycles. The third-order valence-electron chi connectivity index (χ3n) is 15.6. The van der Waals surface area contributed by atoms with E-state index in [9.17, 15) is 0 Å². The van der Waals surface area contributed by atoms with Gasteiger partial charge < -0.3 is 66.3 Å². The summed E-state index contributed by atoms with van der Waals surface area (Å²) < 4.78 is 70.6. The number of hydrogen-bond acceptors (Lipinski definition) is 25. The van der Waals surface area contributed by atoms with Gasteiger partial charge >= 0.3 is 0 Å². The highest BCUT2D eigenvalue weighted by atomic mass is 35.5. The molecule has 0 fully saturated rings. The van der Waals surface area contributed by atoms with Crippen molar-refractivity contribution in [2.24, 2.45) is 0 Å². The second-order valence-corrected chi connectivity index (χ2v) is 23.7. The summed E-state index contributed by atoms with van der Waals surface area (Å²) in [5, 5.41) is 9.07. The molecule has 0 spiro atoms. The second kappa shape index (κ2) is 50.8. The molecular formula is C82H110ClN11O14. The first kappa shape index (κ1) is 94.5. The zero-order valence-corrected chi connectivity index (χ0v) is 69.6. The van der Waals surface area contributed by atoms with Crippen molar-refractivity contribution in [2.45, 2.75) is 118 Å². The van der Waals surface area contributed by atoms with Crippen LogP contribution in [-0.2, 0) is 0 Å². The van der Waals surface area contributed by atoms with Gasteiger partial charge in [-0.25, -0.2) is 19.9 Å². The summed E-state index contributed by atoms with van der Waals surface area (Å²) in [6.07, 6.45) is 13.8. The monoisotopic (exact) mass is 1510 g/mol. The van der Waals surface area contributed by atoms with Crippen LogP contribution >= 0.6 is 11.6 Å². The lowest BCUT2D eigenvalue weighted by Gasteiger charge is -2.10. The van der Waals surface area contributed by atoms with Gasteiger partial charge in [-0.05, 0) is 175 Å². The van der Waals surface area contributed by atoms with E-state index >= 15 is 0 Å². The van der Waals surface area contributed by atoms with E-state index in [4.69, 9.17) is 83.2 Å². The molecular weight excluding hydrogens is 1400 g/mol. The van der Waals surface area contributed by atoms with E-state index in [0.29, 0.717) is 57.5 Å². The highest BCUT2D eigenvalue weighted by molar-refractivity contribution is 6.31. The average Bonchev–Trinajstić information content (AvgIpc) is 0.851. The molecule has 0 unspecified atom stereocenters. The van der Waals surface area contributed by atoms with E-state index < -0.39 is 0 Å². The summed E-state index contributed by atoms with van der Waals surface area (Å²) in [6, 6.07) is 18.6. The van der Waals surface area contributed by atoms with E-state index in [1.54, 1.807) is 167 Å². The average molecular weight is 1510 g/mol. The third kappa shape index (κ3) is 32.5. The smallest absolute Gasteiger partial charge is 0.223 e. The Hall–Kier alpha value is -11.5. The number of ether oxygens (including phenoxy) is 14. The van der Waals surface area contributed by atoms with Crippen LogP contribution in [0.3, 0.4) is 0 Å². The van der Waals surface area contributed by atoms with E-state index in [-0.39, 0.29) is 0 Å². The molecule has 10 heterocycles. The topological polar surface area (TPSA) is 282 Å². The minimum absolute atomic E-state index is 0.485. The van der Waals surface area contributed by atoms with Crippen molar-refractivity contribution in [3.05, 3.63) is 210 Å². The molecule has 0 amide bonds. The fraction of sp³-hybridized carbons (Fsp3) is 0.378. The molecule has 0 radical (unpaired) electrons. The molecule has 584 valence electrons. The van der Waals surface area contributed by atoms with Gasteiger partial charge in [-0.1, -0.05) is 17.7 Å². The van der Waals surface area contributed by atoms with Gasteiger partial charge in [0.05, 0.1) is 146 Å². The predicted octanol–water partition coefficient (Wildman–Crippen LogP) is 16.7. The lowest BCUT2D eigenvalue weighted by atomic mass is 10.1. The Balaban J connectivity index is 0.000000601. The number of aryl methyl sites for hydroxylation is 11. The number of nitriles is 1. The van der Waals surface area contributed by atoms with Gasteiger partial charge in [0.2, 0.25) is 47.0 Å². The first-order valence-corrected chi connectivity index (χ1v) is 33.9. The molecule has 10 aromatic heterocycles. The standard InChI is InChI=1S/C9H13NO3.2C9H13NO2.C9H13NO.2C8H11NO2.C8H11NO.C8H11N.C7H8ClNO.C7H6N2/c1-6-7(11-2)5-8(12-3)10-9(6)13-4;1-6-5-8(11-3)7(2)9(10-6)12-4;1-6-5-8(11-3)10-9(12-4)7(6)2;1-6-5-7(2)10-9(11-4)8(6)3;1-6-7(10-2)4-9-5-8(6)11-3;1-6-5-9-8(11-3)4-7(6)10-2;1-6-4-9-5-8(10-3)7(6)2;1-6-4-7(2)8(3)9-5-6;1-5-4-9-7(10-2)3-6(5)8;1-6-4-7(5-8)2-3-9-6/h5H,1-4H3;2*5H,1-4H3;5H,1-4H3;2*4-5H,1-3H3;4-5H,1-3H3;4-5H,1-3H3;3-4H,1-2H3;2-4H,1H3. The fourth-order valence-electron chi connectivity index (χ4n) is 8.72. The van der Waals surface area contributed by atoms with Crippen molar-refractivity contribution in [3.63, 3.8) is 0 Å². The maximum absolute atomic E-state index is 8.38. The van der Waals surface area contributed by atoms with Crippen LogP contribution in [0.5, 0.6) is 81.5 Å². The number of pyridine rings is 10. The highest BCUT2D eigenvalue weighted by Gasteiger charge is 2.12. The number of nitrogens with zero attached hydrogens (tertiary/aromatic N) is 11. The predicted molar refractivity (Wildman–Crippen MR) is 424 cm³/mol. The summed E-state index contributed by atoms with van der Waals surface area (Å²) >= 11 is 5.77. The SMILES string of the molecule is COc1cc(C)c(C)c(OC)n1.COc1cc(C)nc(OC)c1C.COc1cc(Cl)c(C)cn1.COc1cc(OC)c(C)c(OC)n1.COc1cc(OC)c(C)cn1.COc1cncc(C)c1C.COc1cncc(OC)c1C.COc1nc(C)cc(C)c1C.Cc1cc(C#N)ccn1.Cc1cnc(C)c(C)c1. The van der Waals surface area contributed by atoms with Gasteiger partial charge in [0, 0.05) is 106 Å². The molecule has 0 bridgehead atoms. The Kier molecular flexibility index (Phi) is 44.5. The van der Waals surface area contributed by atoms with Gasteiger partial charge in [-0.3, -0.25) is 19.9 Å². The zero-order chi connectivity index (χ0) is 81.8. The van der Waals surface area contributed by atoms with Crippen molar-refractivity contribution in [1.82, 2.24) is 49.8 Å². The molecule has 0 aliphatic rings. The van der Waals surface area contributed by atoms with Gasteiger partial charge in [-0.15, -0.1) is 0 Å². The van der Waals surface area contributed by atoms with E-state index in [1.165, 1.54) is 22.3 Å². The van der Waals surface area contributed by atoms with Crippen LogP contribution in [0.25, 0.3) is 0 Å². The summed E-state index contributed by atoms with van der Waals surface area (Å²) in [5.74, 6) is 9.43. The van der Waals surface area contributed by atoms with Crippen molar-refractivity contribution >= 4 is 11.6 Å². The molecule has 0 aromatic carbocycles. The number of hydrogen-bond donors (Lipinski definition) is 0. The van der Waals surface area contributed by atoms with Crippen molar-refractivity contribution in [3.8, 4) is 87.6 Å². The maximum atomic E-state index is 8.38. The van der Waals surface area contributed by atoms with Gasteiger partial charge in [-0.2, -0.15) is 15.2 Å². The molecule has 0 saturated carbocycles. The van der Waals surface area contributed by atoms with Crippen LogP contribution in [0.2, 0.25) is 5.02 Å². The third-order valence-corrected chi connectivity index (χ3v) is 16.0. The summed E-state index contributed by atoms with van der Waals surface area (Å²) in [6.45, 7) is 33.5. The van der Waals surface area contributed by atoms with E-state index in [1.807, 2.05) is 128 Å². The molecule has 0 aliphatic heterocycles. The lowest BCUT2D eigenvalue weighted by Crippen LogP contribution is -1.97. The normalized spacial score (nSPS) is 9.47. The summed E-state index contributed by atoms with van der Waals surface area (Å²) in [4.78, 5) is 40.6. The number of rotatable bonds is 14. The van der Waals surface area contributed by atoms with Crippen molar-refractivity contribution in [2.75, 3.05) is 99.5 Å². The minimum atomic E-state index is 0.485. The Morgan fingerprint density at radius 1 is 0.287 bits per heavy atom. The lowest BCUT2D eigenvalue weighted by molar-refractivity contribution is 0.348. The first-order chi connectivity index (χ1) is 51.3. The van der Waals surface area contributed by atoms with Crippen LogP contribution < -0.4 is 66.3 Å². The van der Waals surface area contributed by atoms with Crippen LogP contribution in [0, 0.1) is 129 Å².